The fourth-order valence-electron chi connectivity index (χ4n) is 3.98. The molecule has 4 heterocycles. The summed E-state index contributed by atoms with van der Waals surface area (Å²) in [6.07, 6.45) is 2.62. The molecule has 1 saturated heterocycles. The predicted octanol–water partition coefficient (Wildman–Crippen LogP) is -0.880. The molecule has 3 aromatic heterocycles. The van der Waals surface area contributed by atoms with Crippen LogP contribution < -0.4 is 39.4 Å². The molecule has 0 atom stereocenters. The van der Waals surface area contributed by atoms with E-state index in [0.717, 1.165) is 37.6 Å². The zero-order valence-corrected chi connectivity index (χ0v) is 19.7. The molecule has 5 rings (SSSR count). The number of H-pyrrole nitrogens is 1. The zero-order valence-electron chi connectivity index (χ0n) is 17.7. The van der Waals surface area contributed by atoms with Gasteiger partial charge in [-0.25, -0.2) is 13.2 Å². The second-order valence-electron chi connectivity index (χ2n) is 7.14. The molecule has 1 fully saturated rings. The van der Waals surface area contributed by atoms with Crippen LogP contribution in [0.3, 0.4) is 0 Å². The quantitative estimate of drug-likeness (QED) is 0.410. The van der Waals surface area contributed by atoms with E-state index in [1.807, 2.05) is 12.3 Å². The number of halogens is 2. The molecule has 0 amide bonds. The Morgan fingerprint density at radius 1 is 1.16 bits per heavy atom. The number of benzene rings is 1. The smallest absolute Gasteiger partial charge is 0.857 e. The van der Waals surface area contributed by atoms with Gasteiger partial charge in [-0.2, -0.15) is 7.11 Å². The van der Waals surface area contributed by atoms with Crippen LogP contribution in [0.1, 0.15) is 17.3 Å². The average Bonchev–Trinajstić information content (AvgIpc) is 3.34. The molecule has 0 saturated carbocycles. The Morgan fingerprint density at radius 2 is 1.94 bits per heavy atom. The molecular weight excluding hydrogens is 415 g/mol. The number of methoxy groups -OCH3 is 1. The first kappa shape index (κ1) is 23.6. The van der Waals surface area contributed by atoms with Gasteiger partial charge in [0.15, 0.2) is 11.5 Å². The summed E-state index contributed by atoms with van der Waals surface area (Å²) in [7, 11) is 2.30. The van der Waals surface area contributed by atoms with Gasteiger partial charge in [0.05, 0.1) is 7.11 Å². The summed E-state index contributed by atoms with van der Waals surface area (Å²) in [5.74, 6) is 0.963. The molecule has 1 N–H and O–H groups in total. The first-order valence-electron chi connectivity index (χ1n) is 9.60. The maximum atomic E-state index is 13.9. The molecule has 1 aliphatic heterocycles. The van der Waals surface area contributed by atoms with Crippen LogP contribution in [0, 0.1) is 11.6 Å². The van der Waals surface area contributed by atoms with Crippen molar-refractivity contribution in [3.05, 3.63) is 59.6 Å². The zero-order chi connectivity index (χ0) is 21.3. The minimum atomic E-state index is -0.417. The predicted molar refractivity (Wildman–Crippen MR) is 107 cm³/mol. The fraction of sp³-hybridized carbons (Fsp3) is 0.333. The Labute approximate surface area is 200 Å². The van der Waals surface area contributed by atoms with E-state index in [0.29, 0.717) is 24.0 Å². The van der Waals surface area contributed by atoms with Crippen molar-refractivity contribution in [1.29, 1.82) is 0 Å². The molecule has 0 bridgehead atoms. The molecule has 158 valence electrons. The Morgan fingerprint density at radius 3 is 2.68 bits per heavy atom. The second kappa shape index (κ2) is 10.1. The second-order valence-corrected chi connectivity index (χ2v) is 7.14. The van der Waals surface area contributed by atoms with Crippen LogP contribution in [-0.4, -0.2) is 58.3 Å². The van der Waals surface area contributed by atoms with E-state index < -0.39 is 5.82 Å². The number of likely N-dealkylation sites (tertiary alicyclic amines) is 1. The molecule has 4 aromatic rings. The summed E-state index contributed by atoms with van der Waals surface area (Å²) >= 11 is 0. The number of nitrogens with zero attached hydrogens (tertiary/aromatic N) is 4. The molecule has 0 aliphatic carbocycles. The van der Waals surface area contributed by atoms with Crippen molar-refractivity contribution in [3.63, 3.8) is 0 Å². The molecule has 31 heavy (non-hydrogen) atoms. The number of rotatable bonds is 5. The maximum Gasteiger partial charge on any atom is 1.00 e. The topological polar surface area (TPSA) is 81.5 Å². The first-order chi connectivity index (χ1) is 14.6. The Hall–Kier alpha value is -2.04. The average molecular weight is 437 g/mol. The number of hydrogen-bond acceptors (Lipinski definition) is 5. The van der Waals surface area contributed by atoms with Crippen LogP contribution in [-0.2, 0) is 6.42 Å². The molecule has 1 aliphatic rings. The fourth-order valence-corrected chi connectivity index (χ4v) is 3.98. The van der Waals surface area contributed by atoms with E-state index in [4.69, 9.17) is 9.84 Å². The number of ether oxygens (including phenoxy) is 1. The van der Waals surface area contributed by atoms with Crippen LogP contribution in [0.4, 0.5) is 8.78 Å². The molecule has 0 radical (unpaired) electrons. The van der Waals surface area contributed by atoms with E-state index in [-0.39, 0.29) is 41.0 Å². The number of hydrogen-bond donors (Lipinski definition) is 1. The van der Waals surface area contributed by atoms with Crippen molar-refractivity contribution in [3.8, 4) is 5.88 Å². The van der Waals surface area contributed by atoms with Crippen molar-refractivity contribution < 1.29 is 48.2 Å². The molecule has 1 aromatic carbocycles. The normalized spacial score (nSPS) is 14.1. The van der Waals surface area contributed by atoms with Crippen LogP contribution in [0.25, 0.3) is 16.6 Å². The van der Waals surface area contributed by atoms with Crippen molar-refractivity contribution in [2.45, 2.75) is 12.3 Å². The number of aromatic amines is 1. The SMILES string of the molecule is COc1ccc(F)c2nnc(CCN3CC(c4c[nH]c5cc(F)ccc45)C3)n12.C[O-].[Na+]. The van der Waals surface area contributed by atoms with Crippen molar-refractivity contribution >= 4 is 16.6 Å². The number of nitrogens with one attached hydrogen (secondary N) is 1. The standard InChI is InChI=1S/C20H19F2N5O.CH3O.Na/c1-28-19-5-4-16(22)20-25-24-18(27(19)20)6-7-26-10-12(11-26)15-9-23-17-8-13(21)2-3-14(15)17;1-2;/h2-5,8-9,12,23H,6-7,10-11H2,1H3;1H3;/q;-1;+1. The van der Waals surface area contributed by atoms with Gasteiger partial charge in [-0.05, 0) is 29.8 Å². The van der Waals surface area contributed by atoms with Gasteiger partial charge in [0.1, 0.15) is 11.6 Å². The maximum absolute atomic E-state index is 13.9. The van der Waals surface area contributed by atoms with Gasteiger partial charge in [-0.1, -0.05) is 0 Å². The Bertz CT molecular complexity index is 1170. The summed E-state index contributed by atoms with van der Waals surface area (Å²) in [5.41, 5.74) is 2.24. The summed E-state index contributed by atoms with van der Waals surface area (Å²) in [6, 6.07) is 7.77. The van der Waals surface area contributed by atoms with Gasteiger partial charge < -0.3 is 19.7 Å². The number of fused-ring (bicyclic) bond motifs is 2. The van der Waals surface area contributed by atoms with Crippen molar-refractivity contribution in [2.75, 3.05) is 33.9 Å². The van der Waals surface area contributed by atoms with Gasteiger partial charge in [0, 0.05) is 55.1 Å². The van der Waals surface area contributed by atoms with E-state index in [2.05, 4.69) is 20.1 Å². The van der Waals surface area contributed by atoms with Crippen LogP contribution in [0.5, 0.6) is 5.88 Å². The van der Waals surface area contributed by atoms with E-state index in [1.54, 1.807) is 17.6 Å². The number of pyridine rings is 1. The van der Waals surface area contributed by atoms with E-state index in [1.165, 1.54) is 23.8 Å². The van der Waals surface area contributed by atoms with E-state index in [9.17, 15) is 8.78 Å². The van der Waals surface area contributed by atoms with Crippen molar-refractivity contribution in [2.24, 2.45) is 0 Å². The molecule has 0 unspecified atom stereocenters. The Balaban J connectivity index is 0.000000883. The van der Waals surface area contributed by atoms with Gasteiger partial charge in [-0.3, -0.25) is 0 Å². The molecule has 0 spiro atoms. The van der Waals surface area contributed by atoms with Gasteiger partial charge >= 0.3 is 29.6 Å². The minimum absolute atomic E-state index is 0. The minimum Gasteiger partial charge on any atom is -0.857 e. The largest absolute Gasteiger partial charge is 1.00 e. The van der Waals surface area contributed by atoms with Crippen LogP contribution >= 0.6 is 0 Å². The third-order valence-electron chi connectivity index (χ3n) is 5.47. The molecular formula is C21H22F2N5NaO2. The van der Waals surface area contributed by atoms with Gasteiger partial charge in [0.2, 0.25) is 5.88 Å². The Kier molecular flexibility index (Phi) is 7.66. The molecule has 10 heteroatoms. The van der Waals surface area contributed by atoms with Gasteiger partial charge in [0.25, 0.3) is 0 Å². The van der Waals surface area contributed by atoms with Crippen molar-refractivity contribution in [1.82, 2.24) is 24.5 Å². The number of aromatic nitrogens is 4. The van der Waals surface area contributed by atoms with Crippen LogP contribution in [0.2, 0.25) is 0 Å². The molecule has 7 nitrogen and oxygen atoms in total. The summed E-state index contributed by atoms with van der Waals surface area (Å²) in [6.45, 7) is 2.65. The first-order valence-corrected chi connectivity index (χ1v) is 9.60. The summed E-state index contributed by atoms with van der Waals surface area (Å²) in [5, 5.41) is 17.4. The van der Waals surface area contributed by atoms with E-state index >= 15 is 0 Å². The van der Waals surface area contributed by atoms with Crippen LogP contribution in [0.15, 0.2) is 36.5 Å². The monoisotopic (exact) mass is 437 g/mol. The van der Waals surface area contributed by atoms with Gasteiger partial charge in [-0.15, -0.1) is 10.2 Å². The summed E-state index contributed by atoms with van der Waals surface area (Å²) < 4.78 is 34.2. The summed E-state index contributed by atoms with van der Waals surface area (Å²) in [4.78, 5) is 5.48. The third kappa shape index (κ3) is 4.47. The third-order valence-corrected chi connectivity index (χ3v) is 5.47.